The van der Waals surface area contributed by atoms with Gasteiger partial charge < -0.3 is 14.5 Å². The first kappa shape index (κ1) is 19.9. The fourth-order valence-electron chi connectivity index (χ4n) is 2.50. The van der Waals surface area contributed by atoms with E-state index in [1.54, 1.807) is 36.4 Å². The zero-order chi connectivity index (χ0) is 20.3. The first-order chi connectivity index (χ1) is 13.5. The lowest BCUT2D eigenvalue weighted by Gasteiger charge is -2.14. The lowest BCUT2D eigenvalue weighted by atomic mass is 10.2. The van der Waals surface area contributed by atoms with Gasteiger partial charge in [-0.2, -0.15) is 5.10 Å². The Labute approximate surface area is 173 Å². The third-order valence-electron chi connectivity index (χ3n) is 3.82. The molecule has 0 aliphatic rings. The van der Waals surface area contributed by atoms with Crippen LogP contribution < -0.4 is 20.7 Å². The van der Waals surface area contributed by atoms with Gasteiger partial charge in [0.05, 0.1) is 24.2 Å². The molecule has 0 saturated heterocycles. The molecule has 9 heteroatoms. The highest BCUT2D eigenvalue weighted by molar-refractivity contribution is 9.10. The number of hydrogen-bond acceptors (Lipinski definition) is 5. The fraction of sp³-hybridized carbons (Fsp3) is 0.105. The van der Waals surface area contributed by atoms with Crippen LogP contribution in [-0.4, -0.2) is 29.6 Å². The van der Waals surface area contributed by atoms with E-state index >= 15 is 0 Å². The number of para-hydroxylation sites is 1. The van der Waals surface area contributed by atoms with Crippen LogP contribution in [0.1, 0.15) is 5.56 Å². The number of ether oxygens (including phenoxy) is 2. The third kappa shape index (κ3) is 3.74. The molecule has 7 nitrogen and oxygen atoms in total. The smallest absolute Gasteiger partial charge is 0.349 e. The van der Waals surface area contributed by atoms with Gasteiger partial charge in [0.2, 0.25) is 0 Å². The van der Waals surface area contributed by atoms with Crippen molar-refractivity contribution in [1.82, 2.24) is 9.66 Å². The average molecular weight is 465 g/mol. The van der Waals surface area contributed by atoms with Gasteiger partial charge in [0.25, 0.3) is 5.56 Å². The van der Waals surface area contributed by atoms with E-state index in [1.165, 1.54) is 13.3 Å². The van der Waals surface area contributed by atoms with Crippen molar-refractivity contribution >= 4 is 44.6 Å². The second kappa shape index (κ2) is 8.45. The molecule has 144 valence electrons. The Kier molecular flexibility index (Phi) is 6.01. The van der Waals surface area contributed by atoms with Crippen molar-refractivity contribution in [3.8, 4) is 11.5 Å². The van der Waals surface area contributed by atoms with Crippen molar-refractivity contribution in [3.63, 3.8) is 0 Å². The molecule has 0 radical (unpaired) electrons. The van der Waals surface area contributed by atoms with Gasteiger partial charge in [0.15, 0.2) is 11.5 Å². The number of aromatic amines is 1. The van der Waals surface area contributed by atoms with E-state index in [-0.39, 0.29) is 11.6 Å². The molecule has 2 aromatic carbocycles. The molecule has 0 saturated carbocycles. The number of H-pyrrole nitrogens is 1. The van der Waals surface area contributed by atoms with E-state index in [9.17, 15) is 9.59 Å². The van der Waals surface area contributed by atoms with Crippen LogP contribution in [0.2, 0.25) is 5.02 Å². The molecule has 3 aromatic rings. The van der Waals surface area contributed by atoms with E-state index in [0.29, 0.717) is 32.4 Å². The van der Waals surface area contributed by atoms with Crippen LogP contribution in [0, 0.1) is 0 Å². The molecular weight excluding hydrogens is 450 g/mol. The van der Waals surface area contributed by atoms with Crippen molar-refractivity contribution in [3.05, 3.63) is 78.9 Å². The summed E-state index contributed by atoms with van der Waals surface area (Å²) in [4.78, 5) is 27.4. The third-order valence-corrected chi connectivity index (χ3v) is 5.26. The molecule has 0 spiro atoms. The van der Waals surface area contributed by atoms with Gasteiger partial charge in [-0.05, 0) is 34.1 Å². The molecule has 3 rings (SSSR count). The second-order valence-electron chi connectivity index (χ2n) is 5.56. The Balaban J connectivity index is 2.09. The SMILES string of the molecule is C=CCOc1c(OC)cc(C=Nn2c(=O)[nH]c3ccccc3c2=O)c(Br)c1Cl. The molecule has 1 heterocycles. The number of rotatable bonds is 6. The number of nitrogens with one attached hydrogen (secondary N) is 1. The monoisotopic (exact) mass is 463 g/mol. The van der Waals surface area contributed by atoms with Gasteiger partial charge in [-0.15, -0.1) is 4.68 Å². The van der Waals surface area contributed by atoms with E-state index < -0.39 is 11.2 Å². The Morgan fingerprint density at radius 3 is 2.82 bits per heavy atom. The predicted molar refractivity (Wildman–Crippen MR) is 113 cm³/mol. The number of aromatic nitrogens is 2. The summed E-state index contributed by atoms with van der Waals surface area (Å²) in [5.74, 6) is 0.713. The maximum absolute atomic E-state index is 12.6. The molecule has 0 unspecified atom stereocenters. The number of nitrogens with zero attached hydrogens (tertiary/aromatic N) is 2. The highest BCUT2D eigenvalue weighted by Crippen LogP contribution is 2.42. The molecule has 0 aliphatic heterocycles. The molecule has 1 N–H and O–H groups in total. The van der Waals surface area contributed by atoms with Crippen molar-refractivity contribution in [2.75, 3.05) is 13.7 Å². The standard InChI is InChI=1S/C19H15BrClN3O4/c1-3-8-28-17-14(27-2)9-11(15(20)16(17)21)10-22-24-18(25)12-6-4-5-7-13(12)23-19(24)26/h3-7,9-10H,1,8H2,2H3,(H,23,26). The lowest BCUT2D eigenvalue weighted by molar-refractivity contribution is 0.326. The normalized spacial score (nSPS) is 11.1. The summed E-state index contributed by atoms with van der Waals surface area (Å²) in [6, 6.07) is 8.32. The van der Waals surface area contributed by atoms with Crippen molar-refractivity contribution in [2.24, 2.45) is 5.10 Å². The largest absolute Gasteiger partial charge is 0.493 e. The Morgan fingerprint density at radius 1 is 1.36 bits per heavy atom. The summed E-state index contributed by atoms with van der Waals surface area (Å²) in [7, 11) is 1.47. The number of benzene rings is 2. The van der Waals surface area contributed by atoms with Crippen LogP contribution in [0.4, 0.5) is 0 Å². The zero-order valence-corrected chi connectivity index (χ0v) is 17.1. The maximum atomic E-state index is 12.6. The summed E-state index contributed by atoms with van der Waals surface area (Å²) in [5, 5.41) is 4.64. The summed E-state index contributed by atoms with van der Waals surface area (Å²) >= 11 is 9.73. The van der Waals surface area contributed by atoms with Gasteiger partial charge in [-0.1, -0.05) is 36.4 Å². The van der Waals surface area contributed by atoms with E-state index in [0.717, 1.165) is 4.68 Å². The first-order valence-electron chi connectivity index (χ1n) is 8.06. The maximum Gasteiger partial charge on any atom is 0.349 e. The summed E-state index contributed by atoms with van der Waals surface area (Å²) < 4.78 is 12.1. The molecule has 0 bridgehead atoms. The first-order valence-corrected chi connectivity index (χ1v) is 9.23. The quantitative estimate of drug-likeness (QED) is 0.446. The van der Waals surface area contributed by atoms with Crippen molar-refractivity contribution < 1.29 is 9.47 Å². The fourth-order valence-corrected chi connectivity index (χ4v) is 3.16. The topological polar surface area (TPSA) is 85.7 Å². The zero-order valence-electron chi connectivity index (χ0n) is 14.7. The Morgan fingerprint density at radius 2 is 2.11 bits per heavy atom. The molecule has 0 atom stereocenters. The average Bonchev–Trinajstić information content (AvgIpc) is 2.70. The summed E-state index contributed by atoms with van der Waals surface area (Å²) in [5.41, 5.74) is -0.249. The molecule has 1 aromatic heterocycles. The Bertz CT molecular complexity index is 1200. The van der Waals surface area contributed by atoms with Crippen LogP contribution in [0.25, 0.3) is 10.9 Å². The predicted octanol–water partition coefficient (Wildman–Crippen LogP) is 3.56. The second-order valence-corrected chi connectivity index (χ2v) is 6.73. The number of hydrogen-bond donors (Lipinski definition) is 1. The van der Waals surface area contributed by atoms with Crippen LogP contribution in [0.5, 0.6) is 11.5 Å². The van der Waals surface area contributed by atoms with Gasteiger partial charge in [0, 0.05) is 10.0 Å². The summed E-state index contributed by atoms with van der Waals surface area (Å²) in [6.45, 7) is 3.84. The Hall–Kier alpha value is -2.84. The minimum atomic E-state index is -0.653. The lowest BCUT2D eigenvalue weighted by Crippen LogP contribution is -2.32. The summed E-state index contributed by atoms with van der Waals surface area (Å²) in [6.07, 6.45) is 2.92. The van der Waals surface area contributed by atoms with Gasteiger partial charge in [-0.25, -0.2) is 4.79 Å². The van der Waals surface area contributed by atoms with Crippen molar-refractivity contribution in [1.29, 1.82) is 0 Å². The van der Waals surface area contributed by atoms with Crippen LogP contribution in [-0.2, 0) is 0 Å². The highest BCUT2D eigenvalue weighted by Gasteiger charge is 2.17. The van der Waals surface area contributed by atoms with Gasteiger partial charge in [0.1, 0.15) is 11.6 Å². The molecule has 0 aliphatic carbocycles. The van der Waals surface area contributed by atoms with E-state index in [2.05, 4.69) is 32.6 Å². The minimum Gasteiger partial charge on any atom is -0.493 e. The molecular formula is C19H15BrClN3O4. The van der Waals surface area contributed by atoms with Gasteiger partial charge >= 0.3 is 5.69 Å². The number of fused-ring (bicyclic) bond motifs is 1. The van der Waals surface area contributed by atoms with Crippen molar-refractivity contribution in [2.45, 2.75) is 0 Å². The van der Waals surface area contributed by atoms with Gasteiger partial charge in [-0.3, -0.25) is 4.79 Å². The minimum absolute atomic E-state index is 0.248. The number of halogens is 2. The molecule has 0 amide bonds. The highest BCUT2D eigenvalue weighted by atomic mass is 79.9. The van der Waals surface area contributed by atoms with Crippen LogP contribution in [0.3, 0.4) is 0 Å². The van der Waals surface area contributed by atoms with E-state index in [1.807, 2.05) is 0 Å². The molecule has 28 heavy (non-hydrogen) atoms. The van der Waals surface area contributed by atoms with Crippen LogP contribution in [0.15, 0.2) is 62.1 Å². The molecule has 0 fully saturated rings. The van der Waals surface area contributed by atoms with E-state index in [4.69, 9.17) is 21.1 Å². The van der Waals surface area contributed by atoms with Crippen LogP contribution >= 0.6 is 27.5 Å². The number of methoxy groups -OCH3 is 1.